The molecule has 0 spiro atoms. The SMILES string of the molecule is O=[N+]([O-])c1cc(Br)cc(C=NCCCCCCN=Cc2cc(Br)cc([N+](=O)[O-])c2O)c1O. The van der Waals surface area contributed by atoms with Gasteiger partial charge in [-0.15, -0.1) is 0 Å². The molecule has 0 saturated heterocycles. The molecule has 0 bridgehead atoms. The van der Waals surface area contributed by atoms with Crippen molar-refractivity contribution in [3.63, 3.8) is 0 Å². The predicted octanol–water partition coefficient (Wildman–Crippen LogP) is 5.54. The van der Waals surface area contributed by atoms with Gasteiger partial charge in [-0.1, -0.05) is 44.7 Å². The van der Waals surface area contributed by atoms with Crippen molar-refractivity contribution in [2.24, 2.45) is 9.98 Å². The number of hydrogen-bond donors (Lipinski definition) is 2. The Hall–Kier alpha value is -2.86. The van der Waals surface area contributed by atoms with Crippen molar-refractivity contribution < 1.29 is 20.1 Å². The van der Waals surface area contributed by atoms with Crippen LogP contribution in [0.25, 0.3) is 0 Å². The standard InChI is InChI=1S/C20H20Br2N4O6/c21-15-7-13(19(27)17(9-15)25(29)30)11-23-5-3-1-2-4-6-24-12-14-8-16(22)10-18(20(14)28)26(31)32/h7-12,27-28H,1-6H2. The fourth-order valence-corrected chi connectivity index (χ4v) is 3.70. The third-order valence-corrected chi connectivity index (χ3v) is 5.26. The molecule has 0 radical (unpaired) electrons. The van der Waals surface area contributed by atoms with Crippen LogP contribution in [-0.4, -0.2) is 45.6 Å². The summed E-state index contributed by atoms with van der Waals surface area (Å²) >= 11 is 6.35. The molecule has 2 aromatic rings. The van der Waals surface area contributed by atoms with Crippen LogP contribution in [-0.2, 0) is 0 Å². The molecule has 2 rings (SSSR count). The summed E-state index contributed by atoms with van der Waals surface area (Å²) in [4.78, 5) is 29.0. The minimum atomic E-state index is -0.654. The van der Waals surface area contributed by atoms with E-state index in [1.807, 2.05) is 0 Å². The molecule has 10 nitrogen and oxygen atoms in total. The Labute approximate surface area is 200 Å². The second-order valence-electron chi connectivity index (χ2n) is 6.72. The maximum Gasteiger partial charge on any atom is 0.312 e. The largest absolute Gasteiger partial charge is 0.502 e. The lowest BCUT2D eigenvalue weighted by molar-refractivity contribution is -0.386. The lowest BCUT2D eigenvalue weighted by atomic mass is 10.1. The fourth-order valence-electron chi connectivity index (χ4n) is 2.77. The van der Waals surface area contributed by atoms with Crippen molar-refractivity contribution in [1.29, 1.82) is 0 Å². The molecule has 32 heavy (non-hydrogen) atoms. The summed E-state index contributed by atoms with van der Waals surface area (Å²) in [5, 5.41) is 41.8. The Bertz CT molecular complexity index is 975. The first kappa shape index (κ1) is 25.4. The minimum absolute atomic E-state index is 0.274. The van der Waals surface area contributed by atoms with Crippen molar-refractivity contribution in [2.45, 2.75) is 25.7 Å². The van der Waals surface area contributed by atoms with Gasteiger partial charge in [0.25, 0.3) is 0 Å². The molecule has 170 valence electrons. The highest BCUT2D eigenvalue weighted by Gasteiger charge is 2.18. The fraction of sp³-hybridized carbons (Fsp3) is 0.300. The van der Waals surface area contributed by atoms with E-state index in [0.29, 0.717) is 22.0 Å². The quantitative estimate of drug-likeness (QED) is 0.156. The van der Waals surface area contributed by atoms with Crippen molar-refractivity contribution in [3.05, 3.63) is 64.6 Å². The van der Waals surface area contributed by atoms with Gasteiger partial charge in [-0.25, -0.2) is 0 Å². The van der Waals surface area contributed by atoms with E-state index in [1.54, 1.807) is 12.1 Å². The predicted molar refractivity (Wildman–Crippen MR) is 128 cm³/mol. The molecule has 0 heterocycles. The lowest BCUT2D eigenvalue weighted by Gasteiger charge is -2.02. The van der Waals surface area contributed by atoms with Crippen LogP contribution >= 0.6 is 31.9 Å². The molecule has 0 atom stereocenters. The minimum Gasteiger partial charge on any atom is -0.502 e. The van der Waals surface area contributed by atoms with E-state index in [4.69, 9.17) is 0 Å². The summed E-state index contributed by atoms with van der Waals surface area (Å²) in [5.74, 6) is -0.830. The van der Waals surface area contributed by atoms with E-state index in [9.17, 15) is 30.4 Å². The van der Waals surface area contributed by atoms with E-state index >= 15 is 0 Å². The number of benzene rings is 2. The normalized spacial score (nSPS) is 11.4. The number of aliphatic imine (C=N–C) groups is 2. The number of nitro groups is 2. The van der Waals surface area contributed by atoms with Crippen LogP contribution in [0.15, 0.2) is 43.2 Å². The summed E-state index contributed by atoms with van der Waals surface area (Å²) in [6.45, 7) is 1.03. The van der Waals surface area contributed by atoms with E-state index < -0.39 is 21.3 Å². The number of aromatic hydroxyl groups is 2. The van der Waals surface area contributed by atoms with Gasteiger partial charge in [0, 0.05) is 57.7 Å². The second-order valence-corrected chi connectivity index (χ2v) is 8.56. The van der Waals surface area contributed by atoms with Crippen LogP contribution in [0.1, 0.15) is 36.8 Å². The molecular weight excluding hydrogens is 552 g/mol. The molecule has 0 aliphatic heterocycles. The van der Waals surface area contributed by atoms with Gasteiger partial charge in [-0.05, 0) is 25.0 Å². The first-order valence-electron chi connectivity index (χ1n) is 9.54. The molecule has 0 unspecified atom stereocenters. The molecule has 2 N–H and O–H groups in total. The maximum absolute atomic E-state index is 10.9. The van der Waals surface area contributed by atoms with Gasteiger partial charge in [0.1, 0.15) is 0 Å². The van der Waals surface area contributed by atoms with Gasteiger partial charge < -0.3 is 10.2 Å². The summed E-state index contributed by atoms with van der Waals surface area (Å²) in [7, 11) is 0. The van der Waals surface area contributed by atoms with Crippen molar-refractivity contribution in [2.75, 3.05) is 13.1 Å². The molecular formula is C20H20Br2N4O6. The van der Waals surface area contributed by atoms with E-state index in [-0.39, 0.29) is 22.5 Å². The highest BCUT2D eigenvalue weighted by Crippen LogP contribution is 2.33. The number of nitrogens with zero attached hydrogens (tertiary/aromatic N) is 4. The van der Waals surface area contributed by atoms with Crippen LogP contribution in [0.5, 0.6) is 11.5 Å². The molecule has 0 amide bonds. The van der Waals surface area contributed by atoms with Crippen LogP contribution in [0, 0.1) is 20.2 Å². The van der Waals surface area contributed by atoms with Gasteiger partial charge in [0.05, 0.1) is 9.85 Å². The van der Waals surface area contributed by atoms with Crippen LogP contribution < -0.4 is 0 Å². The van der Waals surface area contributed by atoms with Gasteiger partial charge in [0.2, 0.25) is 11.5 Å². The average Bonchev–Trinajstić information content (AvgIpc) is 2.73. The van der Waals surface area contributed by atoms with Crippen molar-refractivity contribution in [3.8, 4) is 11.5 Å². The summed E-state index contributed by atoms with van der Waals surface area (Å²) in [6.07, 6.45) is 6.23. The Balaban J connectivity index is 1.74. The third-order valence-electron chi connectivity index (χ3n) is 4.35. The van der Waals surface area contributed by atoms with Gasteiger partial charge in [0.15, 0.2) is 0 Å². The first-order chi connectivity index (χ1) is 15.2. The molecule has 0 aromatic heterocycles. The zero-order valence-electron chi connectivity index (χ0n) is 16.8. The van der Waals surface area contributed by atoms with Crippen LogP contribution in [0.3, 0.4) is 0 Å². The summed E-state index contributed by atoms with van der Waals surface area (Å²) in [5.41, 5.74) is -0.216. The van der Waals surface area contributed by atoms with Crippen LogP contribution in [0.4, 0.5) is 11.4 Å². The third kappa shape index (κ3) is 7.38. The number of unbranched alkanes of at least 4 members (excludes halogenated alkanes) is 3. The highest BCUT2D eigenvalue weighted by molar-refractivity contribution is 9.10. The highest BCUT2D eigenvalue weighted by atomic mass is 79.9. The Morgan fingerprint density at radius 2 is 1.12 bits per heavy atom. The number of rotatable bonds is 11. The molecule has 2 aromatic carbocycles. The number of halogens is 2. The van der Waals surface area contributed by atoms with Gasteiger partial charge >= 0.3 is 11.4 Å². The summed E-state index contributed by atoms with van der Waals surface area (Å²) in [6, 6.07) is 5.58. The Morgan fingerprint density at radius 1 is 0.750 bits per heavy atom. The van der Waals surface area contributed by atoms with Crippen LogP contribution in [0.2, 0.25) is 0 Å². The molecule has 0 aliphatic rings. The summed E-state index contributed by atoms with van der Waals surface area (Å²) < 4.78 is 0.963. The lowest BCUT2D eigenvalue weighted by Crippen LogP contribution is -1.94. The molecule has 0 saturated carbocycles. The van der Waals surface area contributed by atoms with E-state index in [2.05, 4.69) is 41.8 Å². The van der Waals surface area contributed by atoms with E-state index in [1.165, 1.54) is 24.6 Å². The smallest absolute Gasteiger partial charge is 0.312 e. The Morgan fingerprint density at radius 3 is 1.47 bits per heavy atom. The molecule has 0 aliphatic carbocycles. The zero-order chi connectivity index (χ0) is 23.7. The number of phenols is 2. The monoisotopic (exact) mass is 570 g/mol. The first-order valence-corrected chi connectivity index (χ1v) is 11.1. The average molecular weight is 572 g/mol. The van der Waals surface area contributed by atoms with Crippen molar-refractivity contribution >= 4 is 55.7 Å². The van der Waals surface area contributed by atoms with E-state index in [0.717, 1.165) is 25.7 Å². The molecule has 0 fully saturated rings. The number of hydrogen-bond acceptors (Lipinski definition) is 8. The number of phenolic OH excluding ortho intramolecular Hbond substituents is 2. The Kier molecular flexibility index (Phi) is 9.72. The topological polar surface area (TPSA) is 151 Å². The van der Waals surface area contributed by atoms with Crippen molar-refractivity contribution in [1.82, 2.24) is 0 Å². The second kappa shape index (κ2) is 12.2. The van der Waals surface area contributed by atoms with Gasteiger partial charge in [-0.3, -0.25) is 30.2 Å². The zero-order valence-corrected chi connectivity index (χ0v) is 20.0. The molecule has 12 heteroatoms. The number of nitro benzene ring substituents is 2. The maximum atomic E-state index is 10.9. The van der Waals surface area contributed by atoms with Gasteiger partial charge in [-0.2, -0.15) is 0 Å².